The first kappa shape index (κ1) is 11.0. The quantitative estimate of drug-likeness (QED) is 0.558. The highest BCUT2D eigenvalue weighted by molar-refractivity contribution is 6.61. The number of rotatable bonds is 5. The number of carbonyl (C=O) groups is 1. The summed E-state index contributed by atoms with van der Waals surface area (Å²) >= 11 is 4.96. The van der Waals surface area contributed by atoms with E-state index in [9.17, 15) is 4.79 Å². The third-order valence-corrected chi connectivity index (χ3v) is 1.66. The largest absolute Gasteiger partial charge is 0.451 e. The van der Waals surface area contributed by atoms with E-state index in [1.54, 1.807) is 0 Å². The number of carbonyl (C=O) groups excluding carboxylic acids is 1. The maximum absolute atomic E-state index is 10.2. The van der Waals surface area contributed by atoms with Crippen molar-refractivity contribution in [3.63, 3.8) is 0 Å². The Labute approximate surface area is 87.6 Å². The van der Waals surface area contributed by atoms with Gasteiger partial charge in [-0.3, -0.25) is 0 Å². The Morgan fingerprint density at radius 1 is 1.21 bits per heavy atom. The van der Waals surface area contributed by atoms with Gasteiger partial charge in [-0.05, 0) is 5.56 Å². The predicted octanol–water partition coefficient (Wildman–Crippen LogP) is 2.58. The maximum atomic E-state index is 10.2. The molecule has 76 valence electrons. The van der Waals surface area contributed by atoms with E-state index in [0.717, 1.165) is 5.56 Å². The average Bonchev–Trinajstić information content (AvgIpc) is 2.18. The van der Waals surface area contributed by atoms with Gasteiger partial charge in [-0.25, -0.2) is 4.79 Å². The first-order valence-electron chi connectivity index (χ1n) is 4.23. The summed E-state index contributed by atoms with van der Waals surface area (Å²) in [6, 6.07) is 9.76. The molecule has 0 aliphatic heterocycles. The second kappa shape index (κ2) is 6.40. The van der Waals surface area contributed by atoms with Crippen LogP contribution in [-0.4, -0.2) is 18.6 Å². The molecule has 14 heavy (non-hydrogen) atoms. The van der Waals surface area contributed by atoms with E-state index in [4.69, 9.17) is 16.3 Å². The van der Waals surface area contributed by atoms with Gasteiger partial charge in [0.15, 0.2) is 0 Å². The van der Waals surface area contributed by atoms with E-state index >= 15 is 0 Å². The van der Waals surface area contributed by atoms with Crippen molar-refractivity contribution in [1.82, 2.24) is 0 Å². The van der Waals surface area contributed by atoms with Crippen molar-refractivity contribution in [3.05, 3.63) is 35.9 Å². The van der Waals surface area contributed by atoms with Crippen molar-refractivity contribution in [3.8, 4) is 0 Å². The highest BCUT2D eigenvalue weighted by Crippen LogP contribution is 2.00. The molecule has 0 aliphatic rings. The Morgan fingerprint density at radius 2 is 1.93 bits per heavy atom. The highest BCUT2D eigenvalue weighted by atomic mass is 35.5. The second-order valence-electron chi connectivity index (χ2n) is 2.62. The van der Waals surface area contributed by atoms with Gasteiger partial charge in [0.05, 0.1) is 13.2 Å². The lowest BCUT2D eigenvalue weighted by atomic mass is 10.2. The smallest absolute Gasteiger partial charge is 0.403 e. The fourth-order valence-corrected chi connectivity index (χ4v) is 1.02. The minimum atomic E-state index is -0.798. The van der Waals surface area contributed by atoms with Crippen LogP contribution in [0.1, 0.15) is 5.56 Å². The molecule has 0 radical (unpaired) electrons. The monoisotopic (exact) mass is 214 g/mol. The molecule has 0 fully saturated rings. The van der Waals surface area contributed by atoms with Gasteiger partial charge in [-0.1, -0.05) is 30.3 Å². The normalized spacial score (nSPS) is 9.79. The third-order valence-electron chi connectivity index (χ3n) is 1.55. The molecular weight excluding hydrogens is 204 g/mol. The zero-order valence-electron chi connectivity index (χ0n) is 7.61. The zero-order valence-corrected chi connectivity index (χ0v) is 8.37. The molecule has 0 heterocycles. The minimum Gasteiger partial charge on any atom is -0.451 e. The van der Waals surface area contributed by atoms with Crippen molar-refractivity contribution < 1.29 is 14.3 Å². The molecule has 0 aromatic heterocycles. The SMILES string of the molecule is O=C(Cl)OCCOCc1ccccc1. The lowest BCUT2D eigenvalue weighted by Gasteiger charge is -2.03. The Bertz CT molecular complexity index is 274. The lowest BCUT2D eigenvalue weighted by Crippen LogP contribution is -2.05. The van der Waals surface area contributed by atoms with Gasteiger partial charge in [0, 0.05) is 11.6 Å². The van der Waals surface area contributed by atoms with Gasteiger partial charge >= 0.3 is 5.43 Å². The topological polar surface area (TPSA) is 35.5 Å². The summed E-state index contributed by atoms with van der Waals surface area (Å²) in [5, 5.41) is 0. The van der Waals surface area contributed by atoms with Gasteiger partial charge in [-0.2, -0.15) is 0 Å². The minimum absolute atomic E-state index is 0.190. The summed E-state index contributed by atoms with van der Waals surface area (Å²) in [6.45, 7) is 1.06. The van der Waals surface area contributed by atoms with Crippen LogP contribution in [0.15, 0.2) is 30.3 Å². The summed E-state index contributed by atoms with van der Waals surface area (Å²) in [5.41, 5.74) is 0.290. The second-order valence-corrected chi connectivity index (χ2v) is 2.93. The molecule has 1 aromatic carbocycles. The van der Waals surface area contributed by atoms with E-state index in [2.05, 4.69) is 4.74 Å². The number of hydrogen-bond donors (Lipinski definition) is 0. The summed E-state index contributed by atoms with van der Waals surface area (Å²) < 4.78 is 9.72. The molecule has 0 bridgehead atoms. The molecular formula is C10H11ClO3. The third kappa shape index (κ3) is 4.84. The molecule has 0 N–H and O–H groups in total. The Morgan fingerprint density at radius 3 is 2.57 bits per heavy atom. The molecule has 0 unspecified atom stereocenters. The van der Waals surface area contributed by atoms with Gasteiger partial charge in [0.1, 0.15) is 6.61 Å². The summed E-state index contributed by atoms with van der Waals surface area (Å²) in [7, 11) is 0. The molecule has 0 aliphatic carbocycles. The van der Waals surface area contributed by atoms with E-state index in [1.165, 1.54) is 0 Å². The first-order chi connectivity index (χ1) is 6.79. The molecule has 0 amide bonds. The first-order valence-corrected chi connectivity index (χ1v) is 4.61. The van der Waals surface area contributed by atoms with Crippen LogP contribution in [0.3, 0.4) is 0 Å². The number of ether oxygens (including phenoxy) is 2. The number of hydrogen-bond acceptors (Lipinski definition) is 3. The average molecular weight is 215 g/mol. The fraction of sp³-hybridized carbons (Fsp3) is 0.300. The van der Waals surface area contributed by atoms with Crippen LogP contribution >= 0.6 is 11.6 Å². The van der Waals surface area contributed by atoms with Crippen molar-refractivity contribution in [2.45, 2.75) is 6.61 Å². The number of halogens is 1. The van der Waals surface area contributed by atoms with Crippen molar-refractivity contribution in [2.24, 2.45) is 0 Å². The Hall–Kier alpha value is -1.06. The molecule has 0 saturated carbocycles. The van der Waals surface area contributed by atoms with E-state index in [0.29, 0.717) is 13.2 Å². The Kier molecular flexibility index (Phi) is 5.04. The summed E-state index contributed by atoms with van der Waals surface area (Å²) in [4.78, 5) is 10.2. The van der Waals surface area contributed by atoms with Gasteiger partial charge in [-0.15, -0.1) is 0 Å². The van der Waals surface area contributed by atoms with Crippen LogP contribution in [-0.2, 0) is 16.1 Å². The zero-order chi connectivity index (χ0) is 10.2. The summed E-state index contributed by atoms with van der Waals surface area (Å²) in [6.07, 6.45) is 0. The molecule has 0 atom stereocenters. The van der Waals surface area contributed by atoms with Gasteiger partial charge in [0.25, 0.3) is 0 Å². The summed E-state index contributed by atoms with van der Waals surface area (Å²) in [5.74, 6) is 0. The van der Waals surface area contributed by atoms with Crippen LogP contribution < -0.4 is 0 Å². The van der Waals surface area contributed by atoms with Crippen molar-refractivity contribution in [1.29, 1.82) is 0 Å². The molecule has 3 nitrogen and oxygen atoms in total. The molecule has 1 aromatic rings. The standard InChI is InChI=1S/C10H11ClO3/c11-10(12)14-7-6-13-8-9-4-2-1-3-5-9/h1-5H,6-8H2. The van der Waals surface area contributed by atoms with Gasteiger partial charge in [0.2, 0.25) is 0 Å². The Balaban J connectivity index is 2.08. The highest BCUT2D eigenvalue weighted by Gasteiger charge is 1.95. The van der Waals surface area contributed by atoms with Crippen LogP contribution in [0.2, 0.25) is 0 Å². The van der Waals surface area contributed by atoms with Crippen molar-refractivity contribution >= 4 is 17.0 Å². The van der Waals surface area contributed by atoms with E-state index < -0.39 is 5.43 Å². The fourth-order valence-electron chi connectivity index (χ4n) is 0.945. The number of benzene rings is 1. The van der Waals surface area contributed by atoms with E-state index in [1.807, 2.05) is 30.3 Å². The van der Waals surface area contributed by atoms with Crippen LogP contribution in [0, 0.1) is 0 Å². The van der Waals surface area contributed by atoms with Gasteiger partial charge < -0.3 is 9.47 Å². The van der Waals surface area contributed by atoms with Crippen LogP contribution in [0.25, 0.3) is 0 Å². The predicted molar refractivity (Wildman–Crippen MR) is 53.3 cm³/mol. The van der Waals surface area contributed by atoms with Crippen molar-refractivity contribution in [2.75, 3.05) is 13.2 Å². The molecule has 1 rings (SSSR count). The molecule has 0 saturated heterocycles. The molecule has 4 heteroatoms. The van der Waals surface area contributed by atoms with Crippen LogP contribution in [0.5, 0.6) is 0 Å². The lowest BCUT2D eigenvalue weighted by molar-refractivity contribution is 0.0732. The molecule has 0 spiro atoms. The maximum Gasteiger partial charge on any atom is 0.403 e. The van der Waals surface area contributed by atoms with E-state index in [-0.39, 0.29) is 6.61 Å². The van der Waals surface area contributed by atoms with Crippen LogP contribution in [0.4, 0.5) is 4.79 Å².